The summed E-state index contributed by atoms with van der Waals surface area (Å²) in [7, 11) is 0. The summed E-state index contributed by atoms with van der Waals surface area (Å²) in [5, 5.41) is 6.97. The third-order valence-corrected chi connectivity index (χ3v) is 5.08. The molecule has 0 spiro atoms. The molecule has 27 heavy (non-hydrogen) atoms. The lowest BCUT2D eigenvalue weighted by atomic mass is 9.96. The fraction of sp³-hybridized carbons (Fsp3) is 0.400. The molecule has 7 nitrogen and oxygen atoms in total. The molecule has 1 N–H and O–H groups in total. The highest BCUT2D eigenvalue weighted by Crippen LogP contribution is 2.28. The van der Waals surface area contributed by atoms with E-state index in [0.29, 0.717) is 6.54 Å². The lowest BCUT2D eigenvalue weighted by molar-refractivity contribution is 0.463. The van der Waals surface area contributed by atoms with E-state index in [9.17, 15) is 4.79 Å². The number of aromatic nitrogens is 5. The lowest BCUT2D eigenvalue weighted by Gasteiger charge is -2.31. The fourth-order valence-electron chi connectivity index (χ4n) is 3.75. The normalized spacial score (nSPS) is 15.3. The molecule has 0 radical (unpaired) electrons. The number of aromatic amines is 1. The second-order valence-corrected chi connectivity index (χ2v) is 7.17. The largest absolute Gasteiger partial charge is 0.343 e. The zero-order chi connectivity index (χ0) is 18.8. The molecule has 0 atom stereocenters. The van der Waals surface area contributed by atoms with Gasteiger partial charge in [0.25, 0.3) is 0 Å². The van der Waals surface area contributed by atoms with E-state index in [1.807, 2.05) is 50.2 Å². The second kappa shape index (κ2) is 7.34. The number of rotatable bonds is 4. The molecule has 3 aromatic rings. The van der Waals surface area contributed by atoms with Crippen molar-refractivity contribution in [3.05, 3.63) is 69.7 Å². The molecule has 0 bridgehead atoms. The number of piperidine rings is 1. The van der Waals surface area contributed by atoms with Gasteiger partial charge in [-0.2, -0.15) is 5.10 Å². The van der Waals surface area contributed by atoms with Crippen molar-refractivity contribution in [1.29, 1.82) is 0 Å². The van der Waals surface area contributed by atoms with Crippen LogP contribution in [-0.4, -0.2) is 37.8 Å². The van der Waals surface area contributed by atoms with Gasteiger partial charge in [0.2, 0.25) is 5.95 Å². The average Bonchev–Trinajstić information content (AvgIpc) is 3.02. The van der Waals surface area contributed by atoms with Crippen LogP contribution in [0.1, 0.15) is 41.5 Å². The molecule has 0 aliphatic carbocycles. The van der Waals surface area contributed by atoms with Crippen molar-refractivity contribution in [2.24, 2.45) is 0 Å². The first-order valence-corrected chi connectivity index (χ1v) is 9.36. The van der Waals surface area contributed by atoms with Crippen molar-refractivity contribution in [2.45, 2.75) is 39.2 Å². The van der Waals surface area contributed by atoms with Gasteiger partial charge in [-0.1, -0.05) is 30.3 Å². The molecule has 4 rings (SSSR count). The molecule has 1 fully saturated rings. The van der Waals surface area contributed by atoms with Crippen molar-refractivity contribution in [2.75, 3.05) is 18.0 Å². The van der Waals surface area contributed by atoms with Crippen molar-refractivity contribution in [1.82, 2.24) is 24.7 Å². The minimum Gasteiger partial charge on any atom is -0.341 e. The van der Waals surface area contributed by atoms with E-state index in [1.165, 1.54) is 0 Å². The van der Waals surface area contributed by atoms with Gasteiger partial charge in [-0.25, -0.2) is 19.9 Å². The molecule has 7 heteroatoms. The predicted molar refractivity (Wildman–Crippen MR) is 104 cm³/mol. The van der Waals surface area contributed by atoms with E-state index in [2.05, 4.69) is 25.1 Å². The van der Waals surface area contributed by atoms with E-state index in [-0.39, 0.29) is 11.6 Å². The summed E-state index contributed by atoms with van der Waals surface area (Å²) in [6.45, 7) is 6.26. The Kier molecular flexibility index (Phi) is 4.75. The SMILES string of the molecule is Cc1cc(C)nc(N2CCC(c3n[nH]c(=O)n3Cc3ccccc3)CC2)n1. The predicted octanol–water partition coefficient (Wildman–Crippen LogP) is 2.41. The van der Waals surface area contributed by atoms with Crippen LogP contribution in [0.5, 0.6) is 0 Å². The third-order valence-electron chi connectivity index (χ3n) is 5.08. The summed E-state index contributed by atoms with van der Waals surface area (Å²) in [5.74, 6) is 1.91. The van der Waals surface area contributed by atoms with Crippen LogP contribution in [0.25, 0.3) is 0 Å². The molecule has 0 amide bonds. The van der Waals surface area contributed by atoms with E-state index in [0.717, 1.165) is 54.7 Å². The van der Waals surface area contributed by atoms with Gasteiger partial charge in [-0.15, -0.1) is 0 Å². The highest BCUT2D eigenvalue weighted by Gasteiger charge is 2.26. The molecular formula is C20H24N6O. The van der Waals surface area contributed by atoms with Crippen LogP contribution in [0.15, 0.2) is 41.2 Å². The van der Waals surface area contributed by atoms with Crippen LogP contribution in [0.4, 0.5) is 5.95 Å². The molecule has 1 aliphatic heterocycles. The maximum absolute atomic E-state index is 12.3. The molecular weight excluding hydrogens is 340 g/mol. The Bertz CT molecular complexity index is 949. The van der Waals surface area contributed by atoms with Crippen molar-refractivity contribution < 1.29 is 0 Å². The van der Waals surface area contributed by atoms with Gasteiger partial charge in [0, 0.05) is 30.4 Å². The molecule has 140 valence electrons. The monoisotopic (exact) mass is 364 g/mol. The van der Waals surface area contributed by atoms with Gasteiger partial charge < -0.3 is 4.90 Å². The molecule has 2 aromatic heterocycles. The number of aryl methyl sites for hydroxylation is 2. The van der Waals surface area contributed by atoms with Crippen LogP contribution in [0.3, 0.4) is 0 Å². The first kappa shape index (κ1) is 17.5. The smallest absolute Gasteiger partial charge is 0.341 e. The Morgan fingerprint density at radius 2 is 1.74 bits per heavy atom. The average molecular weight is 364 g/mol. The van der Waals surface area contributed by atoms with E-state index < -0.39 is 0 Å². The molecule has 3 heterocycles. The topological polar surface area (TPSA) is 79.7 Å². The number of anilines is 1. The summed E-state index contributed by atoms with van der Waals surface area (Å²) >= 11 is 0. The number of benzene rings is 1. The number of hydrogen-bond donors (Lipinski definition) is 1. The highest BCUT2D eigenvalue weighted by molar-refractivity contribution is 5.33. The van der Waals surface area contributed by atoms with Crippen LogP contribution in [0.2, 0.25) is 0 Å². The number of nitrogens with one attached hydrogen (secondary N) is 1. The van der Waals surface area contributed by atoms with Gasteiger partial charge in [-0.3, -0.25) is 4.57 Å². The van der Waals surface area contributed by atoms with Gasteiger partial charge in [-0.05, 0) is 38.3 Å². The number of nitrogens with zero attached hydrogens (tertiary/aromatic N) is 5. The van der Waals surface area contributed by atoms with Crippen molar-refractivity contribution >= 4 is 5.95 Å². The quantitative estimate of drug-likeness (QED) is 0.769. The Labute approximate surface area is 158 Å². The minimum atomic E-state index is -0.145. The van der Waals surface area contributed by atoms with Gasteiger partial charge in [0.05, 0.1) is 6.54 Å². The van der Waals surface area contributed by atoms with Crippen LogP contribution >= 0.6 is 0 Å². The Morgan fingerprint density at radius 3 is 2.41 bits per heavy atom. The van der Waals surface area contributed by atoms with Gasteiger partial charge in [0.1, 0.15) is 5.82 Å². The Morgan fingerprint density at radius 1 is 1.07 bits per heavy atom. The first-order valence-electron chi connectivity index (χ1n) is 9.36. The summed E-state index contributed by atoms with van der Waals surface area (Å²) in [4.78, 5) is 23.6. The lowest BCUT2D eigenvalue weighted by Crippen LogP contribution is -2.35. The zero-order valence-electron chi connectivity index (χ0n) is 15.7. The van der Waals surface area contributed by atoms with Crippen molar-refractivity contribution in [3.63, 3.8) is 0 Å². The molecule has 1 aromatic carbocycles. The van der Waals surface area contributed by atoms with Crippen LogP contribution < -0.4 is 10.6 Å². The maximum Gasteiger partial charge on any atom is 0.343 e. The summed E-state index contributed by atoms with van der Waals surface area (Å²) in [5.41, 5.74) is 2.93. The molecule has 0 saturated carbocycles. The van der Waals surface area contributed by atoms with E-state index in [1.54, 1.807) is 4.57 Å². The molecule has 0 unspecified atom stereocenters. The van der Waals surface area contributed by atoms with E-state index in [4.69, 9.17) is 0 Å². The van der Waals surface area contributed by atoms with Crippen LogP contribution in [0, 0.1) is 13.8 Å². The zero-order valence-corrected chi connectivity index (χ0v) is 15.7. The van der Waals surface area contributed by atoms with Gasteiger partial charge >= 0.3 is 5.69 Å². The first-order chi connectivity index (χ1) is 13.1. The Balaban J connectivity index is 1.49. The maximum atomic E-state index is 12.3. The van der Waals surface area contributed by atoms with Crippen LogP contribution in [-0.2, 0) is 6.54 Å². The number of H-pyrrole nitrogens is 1. The van der Waals surface area contributed by atoms with Crippen molar-refractivity contribution in [3.8, 4) is 0 Å². The third kappa shape index (κ3) is 3.77. The Hall–Kier alpha value is -2.96. The number of hydrogen-bond acceptors (Lipinski definition) is 5. The minimum absolute atomic E-state index is 0.145. The molecule has 1 saturated heterocycles. The summed E-state index contributed by atoms with van der Waals surface area (Å²) in [6, 6.07) is 12.0. The standard InChI is InChI=1S/C20H24N6O/c1-14-12-15(2)22-19(21-14)25-10-8-17(9-11-25)18-23-24-20(27)26(18)13-16-6-4-3-5-7-16/h3-7,12,17H,8-11,13H2,1-2H3,(H,24,27). The van der Waals surface area contributed by atoms with Gasteiger partial charge in [0.15, 0.2) is 0 Å². The van der Waals surface area contributed by atoms with E-state index >= 15 is 0 Å². The summed E-state index contributed by atoms with van der Waals surface area (Å²) in [6.07, 6.45) is 1.85. The fourth-order valence-corrected chi connectivity index (χ4v) is 3.75. The molecule has 1 aliphatic rings. The highest BCUT2D eigenvalue weighted by atomic mass is 16.1. The second-order valence-electron chi connectivity index (χ2n) is 7.17. The summed E-state index contributed by atoms with van der Waals surface area (Å²) < 4.78 is 1.77.